The van der Waals surface area contributed by atoms with Crippen LogP contribution < -0.4 is 0 Å². The minimum atomic E-state index is -0.220. The van der Waals surface area contributed by atoms with Gasteiger partial charge in [0.1, 0.15) is 5.82 Å². The molecular weight excluding hydrogens is 221 g/mol. The van der Waals surface area contributed by atoms with Gasteiger partial charge in [-0.15, -0.1) is 0 Å². The molecular formula is C13H18FNO2. The molecule has 1 aromatic carbocycles. The highest BCUT2D eigenvalue weighted by Gasteiger charge is 2.03. The first kappa shape index (κ1) is 13.6. The smallest absolute Gasteiger partial charge is 0.305 e. The molecule has 0 unspecified atom stereocenters. The minimum Gasteiger partial charge on any atom is -0.469 e. The second kappa shape index (κ2) is 7.01. The van der Waals surface area contributed by atoms with Gasteiger partial charge in [-0.25, -0.2) is 4.39 Å². The lowest BCUT2D eigenvalue weighted by Gasteiger charge is -2.16. The Morgan fingerprint density at radius 1 is 1.35 bits per heavy atom. The van der Waals surface area contributed by atoms with Crippen LogP contribution in [-0.2, 0) is 16.1 Å². The first-order valence-corrected chi connectivity index (χ1v) is 5.61. The van der Waals surface area contributed by atoms with E-state index in [0.717, 1.165) is 25.1 Å². The largest absolute Gasteiger partial charge is 0.469 e. The van der Waals surface area contributed by atoms with Crippen LogP contribution in [0.5, 0.6) is 0 Å². The first-order valence-electron chi connectivity index (χ1n) is 5.61. The molecule has 94 valence electrons. The van der Waals surface area contributed by atoms with Gasteiger partial charge in [0, 0.05) is 13.0 Å². The van der Waals surface area contributed by atoms with Gasteiger partial charge in [0.05, 0.1) is 7.11 Å². The molecule has 3 nitrogen and oxygen atoms in total. The summed E-state index contributed by atoms with van der Waals surface area (Å²) in [6, 6.07) is 6.45. The van der Waals surface area contributed by atoms with Gasteiger partial charge in [0.2, 0.25) is 0 Å². The maximum atomic E-state index is 12.7. The molecule has 0 aliphatic rings. The van der Waals surface area contributed by atoms with Crippen LogP contribution in [0.2, 0.25) is 0 Å². The number of halogens is 1. The fraction of sp³-hybridized carbons (Fsp3) is 0.462. The highest BCUT2D eigenvalue weighted by Crippen LogP contribution is 2.06. The van der Waals surface area contributed by atoms with E-state index in [4.69, 9.17) is 0 Å². The maximum absolute atomic E-state index is 12.7. The number of hydrogen-bond acceptors (Lipinski definition) is 3. The van der Waals surface area contributed by atoms with E-state index in [1.807, 2.05) is 7.05 Å². The van der Waals surface area contributed by atoms with Gasteiger partial charge in [0.15, 0.2) is 0 Å². The van der Waals surface area contributed by atoms with Crippen molar-refractivity contribution in [3.63, 3.8) is 0 Å². The number of nitrogens with zero attached hydrogens (tertiary/aromatic N) is 1. The number of hydrogen-bond donors (Lipinski definition) is 0. The van der Waals surface area contributed by atoms with Gasteiger partial charge >= 0.3 is 5.97 Å². The average molecular weight is 239 g/mol. The highest BCUT2D eigenvalue weighted by molar-refractivity contribution is 5.69. The summed E-state index contributed by atoms with van der Waals surface area (Å²) < 4.78 is 17.3. The molecule has 0 amide bonds. The number of carbonyl (C=O) groups excluding carboxylic acids is 1. The zero-order chi connectivity index (χ0) is 12.7. The molecule has 0 aliphatic heterocycles. The molecule has 0 fully saturated rings. The minimum absolute atomic E-state index is 0.180. The van der Waals surface area contributed by atoms with Gasteiger partial charge in [-0.2, -0.15) is 0 Å². The molecule has 17 heavy (non-hydrogen) atoms. The SMILES string of the molecule is COC(=O)CCCN(C)Cc1ccc(F)cc1. The molecule has 0 saturated carbocycles. The topological polar surface area (TPSA) is 29.5 Å². The quantitative estimate of drug-likeness (QED) is 0.713. The van der Waals surface area contributed by atoms with Crippen molar-refractivity contribution in [2.24, 2.45) is 0 Å². The number of methoxy groups -OCH3 is 1. The Morgan fingerprint density at radius 2 is 2.00 bits per heavy atom. The number of esters is 1. The van der Waals surface area contributed by atoms with E-state index in [1.54, 1.807) is 12.1 Å². The number of benzene rings is 1. The van der Waals surface area contributed by atoms with Gasteiger partial charge in [0.25, 0.3) is 0 Å². The predicted molar refractivity (Wildman–Crippen MR) is 64.0 cm³/mol. The summed E-state index contributed by atoms with van der Waals surface area (Å²) in [5, 5.41) is 0. The highest BCUT2D eigenvalue weighted by atomic mass is 19.1. The van der Waals surface area contributed by atoms with Crippen LogP contribution in [0.1, 0.15) is 18.4 Å². The van der Waals surface area contributed by atoms with Crippen LogP contribution in [0.15, 0.2) is 24.3 Å². The molecule has 0 aliphatic carbocycles. The molecule has 0 bridgehead atoms. The van der Waals surface area contributed by atoms with E-state index < -0.39 is 0 Å². The molecule has 0 heterocycles. The maximum Gasteiger partial charge on any atom is 0.305 e. The normalized spacial score (nSPS) is 10.6. The van der Waals surface area contributed by atoms with Crippen LogP contribution in [0, 0.1) is 5.82 Å². The number of rotatable bonds is 6. The van der Waals surface area contributed by atoms with Crippen molar-refractivity contribution in [1.29, 1.82) is 0 Å². The summed E-state index contributed by atoms with van der Waals surface area (Å²) in [6.07, 6.45) is 1.20. The standard InChI is InChI=1S/C13H18FNO2/c1-15(9-3-4-13(16)17-2)10-11-5-7-12(14)8-6-11/h5-8H,3-4,9-10H2,1-2H3. The lowest BCUT2D eigenvalue weighted by atomic mass is 10.2. The molecule has 4 heteroatoms. The average Bonchev–Trinajstić information content (AvgIpc) is 2.32. The van der Waals surface area contributed by atoms with E-state index in [2.05, 4.69) is 9.64 Å². The summed E-state index contributed by atoms with van der Waals surface area (Å²) in [7, 11) is 3.37. The second-order valence-electron chi connectivity index (χ2n) is 4.04. The van der Waals surface area contributed by atoms with E-state index in [1.165, 1.54) is 19.2 Å². The van der Waals surface area contributed by atoms with E-state index in [-0.39, 0.29) is 11.8 Å². The first-order chi connectivity index (χ1) is 8.11. The van der Waals surface area contributed by atoms with E-state index in [0.29, 0.717) is 6.42 Å². The fourth-order valence-corrected chi connectivity index (χ4v) is 1.58. The van der Waals surface area contributed by atoms with Gasteiger partial charge in [-0.05, 0) is 37.7 Å². The fourth-order valence-electron chi connectivity index (χ4n) is 1.58. The monoisotopic (exact) mass is 239 g/mol. The lowest BCUT2D eigenvalue weighted by Crippen LogP contribution is -2.20. The van der Waals surface area contributed by atoms with Gasteiger partial charge in [-0.1, -0.05) is 12.1 Å². The molecule has 0 aromatic heterocycles. The van der Waals surface area contributed by atoms with Crippen molar-refractivity contribution in [2.45, 2.75) is 19.4 Å². The van der Waals surface area contributed by atoms with E-state index >= 15 is 0 Å². The second-order valence-corrected chi connectivity index (χ2v) is 4.04. The van der Waals surface area contributed by atoms with E-state index in [9.17, 15) is 9.18 Å². The van der Waals surface area contributed by atoms with Crippen LogP contribution in [0.3, 0.4) is 0 Å². The van der Waals surface area contributed by atoms with Crippen LogP contribution in [-0.4, -0.2) is 31.6 Å². The zero-order valence-corrected chi connectivity index (χ0v) is 10.3. The van der Waals surface area contributed by atoms with Crippen LogP contribution in [0.4, 0.5) is 4.39 Å². The van der Waals surface area contributed by atoms with Crippen LogP contribution >= 0.6 is 0 Å². The Balaban J connectivity index is 2.27. The van der Waals surface area contributed by atoms with Crippen molar-refractivity contribution in [1.82, 2.24) is 4.90 Å². The van der Waals surface area contributed by atoms with Crippen molar-refractivity contribution in [3.05, 3.63) is 35.6 Å². The Kier molecular flexibility index (Phi) is 5.63. The van der Waals surface area contributed by atoms with Gasteiger partial charge in [-0.3, -0.25) is 4.79 Å². The summed E-state index contributed by atoms with van der Waals surface area (Å²) in [6.45, 7) is 1.56. The molecule has 0 atom stereocenters. The lowest BCUT2D eigenvalue weighted by molar-refractivity contribution is -0.140. The zero-order valence-electron chi connectivity index (χ0n) is 10.3. The molecule has 0 spiro atoms. The summed E-state index contributed by atoms with van der Waals surface area (Å²) in [4.78, 5) is 13.0. The summed E-state index contributed by atoms with van der Waals surface area (Å²) in [5.74, 6) is -0.401. The molecule has 0 N–H and O–H groups in total. The molecule has 0 saturated heterocycles. The van der Waals surface area contributed by atoms with Crippen molar-refractivity contribution >= 4 is 5.97 Å². The Bertz CT molecular complexity index is 351. The predicted octanol–water partition coefficient (Wildman–Crippen LogP) is 2.21. The summed E-state index contributed by atoms with van der Waals surface area (Å²) in [5.41, 5.74) is 1.06. The van der Waals surface area contributed by atoms with Crippen molar-refractivity contribution < 1.29 is 13.9 Å². The third kappa shape index (κ3) is 5.45. The van der Waals surface area contributed by atoms with Crippen LogP contribution in [0.25, 0.3) is 0 Å². The molecule has 0 radical (unpaired) electrons. The van der Waals surface area contributed by atoms with Crippen molar-refractivity contribution in [3.8, 4) is 0 Å². The third-order valence-corrected chi connectivity index (χ3v) is 2.51. The summed E-state index contributed by atoms with van der Waals surface area (Å²) >= 11 is 0. The Hall–Kier alpha value is -1.42. The number of carbonyl (C=O) groups is 1. The molecule has 1 rings (SSSR count). The molecule has 1 aromatic rings. The third-order valence-electron chi connectivity index (χ3n) is 2.51. The number of ether oxygens (including phenoxy) is 1. The van der Waals surface area contributed by atoms with Crippen molar-refractivity contribution in [2.75, 3.05) is 20.7 Å². The van der Waals surface area contributed by atoms with Gasteiger partial charge < -0.3 is 9.64 Å². The Morgan fingerprint density at radius 3 is 2.59 bits per heavy atom. The Labute approximate surface area is 101 Å².